The summed E-state index contributed by atoms with van der Waals surface area (Å²) in [6.45, 7) is 6.33. The third-order valence-corrected chi connectivity index (χ3v) is 4.02. The van der Waals surface area contributed by atoms with Crippen molar-refractivity contribution in [3.8, 4) is 0 Å². The summed E-state index contributed by atoms with van der Waals surface area (Å²) in [5.74, 6) is 1.37. The first-order valence-corrected chi connectivity index (χ1v) is 7.50. The monoisotopic (exact) mass is 287 g/mol. The number of rotatable bonds is 3. The molecule has 0 bridgehead atoms. The molecule has 1 atom stereocenters. The molecule has 1 amide bonds. The number of aromatic nitrogens is 4. The Morgan fingerprint density at radius 2 is 2.33 bits per heavy atom. The van der Waals surface area contributed by atoms with E-state index in [0.717, 1.165) is 44.0 Å². The zero-order valence-electron chi connectivity index (χ0n) is 12.5. The number of imidazole rings is 1. The summed E-state index contributed by atoms with van der Waals surface area (Å²) in [4.78, 5) is 22.2. The second-order valence-electron chi connectivity index (χ2n) is 5.63. The number of aryl methyl sites for hydroxylation is 2. The average Bonchev–Trinajstić information content (AvgIpc) is 3.15. The number of amides is 1. The highest BCUT2D eigenvalue weighted by atomic mass is 16.2. The topological polar surface area (TPSA) is 66.8 Å². The molecule has 2 aromatic heterocycles. The number of H-pyrrole nitrogens is 1. The largest absolute Gasteiger partial charge is 0.346 e. The molecule has 3 rings (SSSR count). The SMILES string of the molecule is CCn1cc(C(=O)N2CCC[C@@H](c3ncc(C)[nH]3)C2)cn1. The molecular formula is C15H21N5O. The quantitative estimate of drug-likeness (QED) is 0.938. The van der Waals surface area contributed by atoms with Crippen molar-refractivity contribution in [2.75, 3.05) is 13.1 Å². The van der Waals surface area contributed by atoms with E-state index < -0.39 is 0 Å². The molecule has 1 saturated heterocycles. The number of nitrogens with one attached hydrogen (secondary N) is 1. The number of aromatic amines is 1. The molecule has 0 saturated carbocycles. The van der Waals surface area contributed by atoms with E-state index in [2.05, 4.69) is 15.1 Å². The Bertz CT molecular complexity index is 630. The number of nitrogens with zero attached hydrogens (tertiary/aromatic N) is 4. The number of piperidine rings is 1. The van der Waals surface area contributed by atoms with Gasteiger partial charge in [0.1, 0.15) is 5.82 Å². The molecule has 6 heteroatoms. The van der Waals surface area contributed by atoms with Crippen LogP contribution in [0.25, 0.3) is 0 Å². The third-order valence-electron chi connectivity index (χ3n) is 4.02. The van der Waals surface area contributed by atoms with Crippen molar-refractivity contribution in [2.24, 2.45) is 0 Å². The Kier molecular flexibility index (Phi) is 3.77. The fourth-order valence-electron chi connectivity index (χ4n) is 2.85. The van der Waals surface area contributed by atoms with Crippen LogP contribution in [-0.4, -0.2) is 43.6 Å². The summed E-state index contributed by atoms with van der Waals surface area (Å²) in [5.41, 5.74) is 1.74. The van der Waals surface area contributed by atoms with Crippen LogP contribution in [0.5, 0.6) is 0 Å². The Morgan fingerprint density at radius 1 is 1.48 bits per heavy atom. The summed E-state index contributed by atoms with van der Waals surface area (Å²) in [6, 6.07) is 0. The lowest BCUT2D eigenvalue weighted by atomic mass is 9.97. The van der Waals surface area contributed by atoms with Gasteiger partial charge in [-0.1, -0.05) is 0 Å². The molecule has 0 aliphatic carbocycles. The van der Waals surface area contributed by atoms with Crippen molar-refractivity contribution < 1.29 is 4.79 Å². The minimum Gasteiger partial charge on any atom is -0.346 e. The van der Waals surface area contributed by atoms with Crippen LogP contribution in [0.1, 0.15) is 47.6 Å². The van der Waals surface area contributed by atoms with Gasteiger partial charge in [0.25, 0.3) is 5.91 Å². The zero-order chi connectivity index (χ0) is 14.8. The van der Waals surface area contributed by atoms with E-state index in [-0.39, 0.29) is 5.91 Å². The van der Waals surface area contributed by atoms with Gasteiger partial charge in [-0.15, -0.1) is 0 Å². The van der Waals surface area contributed by atoms with Crippen molar-refractivity contribution in [1.82, 2.24) is 24.6 Å². The molecule has 2 aromatic rings. The zero-order valence-corrected chi connectivity index (χ0v) is 12.5. The molecular weight excluding hydrogens is 266 g/mol. The van der Waals surface area contributed by atoms with Crippen LogP contribution in [-0.2, 0) is 6.54 Å². The Morgan fingerprint density at radius 3 is 3.00 bits per heavy atom. The Hall–Kier alpha value is -2.11. The van der Waals surface area contributed by atoms with E-state index in [1.165, 1.54) is 0 Å². The van der Waals surface area contributed by atoms with Crippen LogP contribution in [0, 0.1) is 6.92 Å². The molecule has 1 fully saturated rings. The van der Waals surface area contributed by atoms with Crippen LogP contribution in [0.15, 0.2) is 18.6 Å². The maximum absolute atomic E-state index is 12.6. The normalized spacial score (nSPS) is 19.0. The predicted octanol–water partition coefficient (Wildman–Crippen LogP) is 1.95. The van der Waals surface area contributed by atoms with Gasteiger partial charge in [-0.25, -0.2) is 4.98 Å². The summed E-state index contributed by atoms with van der Waals surface area (Å²) in [7, 11) is 0. The molecule has 21 heavy (non-hydrogen) atoms. The van der Waals surface area contributed by atoms with Gasteiger partial charge in [0.15, 0.2) is 0 Å². The standard InChI is InChI=1S/C15H21N5O/c1-3-20-10-13(8-17-20)15(21)19-6-4-5-12(9-19)14-16-7-11(2)18-14/h7-8,10,12H,3-6,9H2,1-2H3,(H,16,18)/t12-/m1/s1. The van der Waals surface area contributed by atoms with Crippen molar-refractivity contribution >= 4 is 5.91 Å². The fraction of sp³-hybridized carbons (Fsp3) is 0.533. The fourth-order valence-corrected chi connectivity index (χ4v) is 2.85. The lowest BCUT2D eigenvalue weighted by molar-refractivity contribution is 0.0704. The van der Waals surface area contributed by atoms with Crippen LogP contribution >= 0.6 is 0 Å². The first-order valence-electron chi connectivity index (χ1n) is 7.50. The minimum atomic E-state index is 0.0719. The Labute approximate surface area is 124 Å². The van der Waals surface area contributed by atoms with Gasteiger partial charge in [0.2, 0.25) is 0 Å². The second-order valence-corrected chi connectivity index (χ2v) is 5.63. The van der Waals surface area contributed by atoms with Crippen molar-refractivity contribution in [3.63, 3.8) is 0 Å². The summed E-state index contributed by atoms with van der Waals surface area (Å²) < 4.78 is 1.78. The summed E-state index contributed by atoms with van der Waals surface area (Å²) >= 11 is 0. The van der Waals surface area contributed by atoms with E-state index in [4.69, 9.17) is 0 Å². The first-order chi connectivity index (χ1) is 10.2. The van der Waals surface area contributed by atoms with Crippen molar-refractivity contribution in [3.05, 3.63) is 35.7 Å². The van der Waals surface area contributed by atoms with Gasteiger partial charge in [-0.05, 0) is 26.7 Å². The van der Waals surface area contributed by atoms with Crippen LogP contribution in [0.3, 0.4) is 0 Å². The van der Waals surface area contributed by atoms with Crippen molar-refractivity contribution in [1.29, 1.82) is 0 Å². The molecule has 1 aliphatic rings. The van der Waals surface area contributed by atoms with E-state index in [1.807, 2.05) is 31.1 Å². The molecule has 6 nitrogen and oxygen atoms in total. The molecule has 1 N–H and O–H groups in total. The molecule has 0 spiro atoms. The van der Waals surface area contributed by atoms with Gasteiger partial charge < -0.3 is 9.88 Å². The molecule has 1 aliphatic heterocycles. The van der Waals surface area contributed by atoms with E-state index >= 15 is 0 Å². The number of likely N-dealkylation sites (tertiary alicyclic amines) is 1. The molecule has 112 valence electrons. The van der Waals surface area contributed by atoms with E-state index in [1.54, 1.807) is 10.9 Å². The van der Waals surface area contributed by atoms with Crippen LogP contribution < -0.4 is 0 Å². The number of carbonyl (C=O) groups excluding carboxylic acids is 1. The number of hydrogen-bond acceptors (Lipinski definition) is 3. The van der Waals surface area contributed by atoms with Gasteiger partial charge >= 0.3 is 0 Å². The molecule has 0 unspecified atom stereocenters. The summed E-state index contributed by atoms with van der Waals surface area (Å²) in [5, 5.41) is 4.18. The lowest BCUT2D eigenvalue weighted by Crippen LogP contribution is -2.39. The van der Waals surface area contributed by atoms with Gasteiger partial charge in [-0.3, -0.25) is 9.48 Å². The predicted molar refractivity (Wildman–Crippen MR) is 79.1 cm³/mol. The number of hydrogen-bond donors (Lipinski definition) is 1. The molecule has 0 aromatic carbocycles. The maximum atomic E-state index is 12.6. The van der Waals surface area contributed by atoms with Gasteiger partial charge in [0, 0.05) is 43.6 Å². The van der Waals surface area contributed by atoms with E-state index in [0.29, 0.717) is 11.5 Å². The minimum absolute atomic E-state index is 0.0719. The highest BCUT2D eigenvalue weighted by molar-refractivity contribution is 5.93. The summed E-state index contributed by atoms with van der Waals surface area (Å²) in [6.07, 6.45) is 7.42. The molecule has 3 heterocycles. The van der Waals surface area contributed by atoms with Crippen molar-refractivity contribution in [2.45, 2.75) is 39.2 Å². The highest BCUT2D eigenvalue weighted by Gasteiger charge is 2.27. The van der Waals surface area contributed by atoms with Gasteiger partial charge in [-0.2, -0.15) is 5.10 Å². The Balaban J connectivity index is 1.72. The highest BCUT2D eigenvalue weighted by Crippen LogP contribution is 2.25. The number of carbonyl (C=O) groups is 1. The lowest BCUT2D eigenvalue weighted by Gasteiger charge is -2.31. The van der Waals surface area contributed by atoms with Crippen LogP contribution in [0.4, 0.5) is 0 Å². The first kappa shape index (κ1) is 13.9. The maximum Gasteiger partial charge on any atom is 0.257 e. The van der Waals surface area contributed by atoms with Gasteiger partial charge in [0.05, 0.1) is 11.8 Å². The second kappa shape index (κ2) is 5.71. The van der Waals surface area contributed by atoms with E-state index in [9.17, 15) is 4.79 Å². The molecule has 0 radical (unpaired) electrons. The van der Waals surface area contributed by atoms with Crippen LogP contribution in [0.2, 0.25) is 0 Å². The average molecular weight is 287 g/mol. The third kappa shape index (κ3) is 2.84. The smallest absolute Gasteiger partial charge is 0.257 e.